The van der Waals surface area contributed by atoms with E-state index in [1.54, 1.807) is 29.0 Å². The minimum Gasteiger partial charge on any atom is -0.494 e. The molecule has 0 aliphatic carbocycles. The second-order valence-electron chi connectivity index (χ2n) is 6.49. The molecule has 1 saturated heterocycles. The number of ether oxygens (including phenoxy) is 1. The number of nitrogens with one attached hydrogen (secondary N) is 1. The van der Waals surface area contributed by atoms with E-state index in [4.69, 9.17) is 4.74 Å². The van der Waals surface area contributed by atoms with Crippen molar-refractivity contribution in [2.24, 2.45) is 4.99 Å². The molecule has 0 saturated carbocycles. The van der Waals surface area contributed by atoms with Crippen LogP contribution in [0.25, 0.3) is 11.8 Å². The Morgan fingerprint density at radius 3 is 2.74 bits per heavy atom. The third-order valence-corrected chi connectivity index (χ3v) is 5.32. The predicted molar refractivity (Wildman–Crippen MR) is 121 cm³/mol. The standard InChI is InChI=1S/C22H18N4O4S/c1-2-30-19-10-8-15(9-11-19)23-22-24-21(27)20(31-22)14-17-7-4-12-25(17)16-5-3-6-18(13-16)26(28)29/h3-14H,2H2,1H3,(H,23,24,27)/b20-14+. The van der Waals surface area contributed by atoms with Gasteiger partial charge in [-0.3, -0.25) is 14.9 Å². The normalized spacial score (nSPS) is 16.0. The van der Waals surface area contributed by atoms with E-state index in [2.05, 4.69) is 10.3 Å². The van der Waals surface area contributed by atoms with Gasteiger partial charge in [0.25, 0.3) is 11.6 Å². The van der Waals surface area contributed by atoms with Gasteiger partial charge in [-0.1, -0.05) is 6.07 Å². The van der Waals surface area contributed by atoms with Crippen LogP contribution in [0.5, 0.6) is 5.75 Å². The summed E-state index contributed by atoms with van der Waals surface area (Å²) in [5, 5.41) is 14.3. The second kappa shape index (κ2) is 8.88. The fraction of sp³-hybridized carbons (Fsp3) is 0.0909. The first kappa shape index (κ1) is 20.4. The van der Waals surface area contributed by atoms with Crippen LogP contribution in [0.2, 0.25) is 0 Å². The zero-order valence-corrected chi connectivity index (χ0v) is 17.3. The zero-order chi connectivity index (χ0) is 21.8. The van der Waals surface area contributed by atoms with Gasteiger partial charge in [-0.25, -0.2) is 4.99 Å². The molecule has 9 heteroatoms. The number of aromatic nitrogens is 1. The quantitative estimate of drug-likeness (QED) is 0.345. The highest BCUT2D eigenvalue weighted by atomic mass is 32.2. The maximum Gasteiger partial charge on any atom is 0.271 e. The van der Waals surface area contributed by atoms with Crippen molar-refractivity contribution >= 4 is 40.3 Å². The number of nitro benzene ring substituents is 1. The lowest BCUT2D eigenvalue weighted by Gasteiger charge is -2.06. The zero-order valence-electron chi connectivity index (χ0n) is 16.5. The number of carbonyl (C=O) groups is 1. The summed E-state index contributed by atoms with van der Waals surface area (Å²) in [4.78, 5) is 28.0. The molecule has 1 aliphatic heterocycles. The number of hydrogen-bond donors (Lipinski definition) is 1. The molecule has 4 rings (SSSR count). The molecule has 0 radical (unpaired) electrons. The lowest BCUT2D eigenvalue weighted by Crippen LogP contribution is -2.19. The van der Waals surface area contributed by atoms with Crippen molar-refractivity contribution in [2.45, 2.75) is 6.92 Å². The van der Waals surface area contributed by atoms with Crippen LogP contribution in [0, 0.1) is 10.1 Å². The van der Waals surface area contributed by atoms with Crippen LogP contribution in [0.4, 0.5) is 11.4 Å². The van der Waals surface area contributed by atoms with Crippen LogP contribution in [0.3, 0.4) is 0 Å². The number of amidine groups is 1. The number of thioether (sulfide) groups is 1. The number of aliphatic imine (C=N–C) groups is 1. The fourth-order valence-electron chi connectivity index (χ4n) is 3.02. The van der Waals surface area contributed by atoms with Crippen molar-refractivity contribution in [1.29, 1.82) is 0 Å². The second-order valence-corrected chi connectivity index (χ2v) is 7.52. The molecule has 1 aliphatic rings. The van der Waals surface area contributed by atoms with Crippen molar-refractivity contribution in [3.05, 3.63) is 87.6 Å². The molecule has 0 spiro atoms. The minimum atomic E-state index is -0.435. The third-order valence-electron chi connectivity index (χ3n) is 4.41. The van der Waals surface area contributed by atoms with E-state index in [0.29, 0.717) is 28.1 Å². The number of amides is 1. The fourth-order valence-corrected chi connectivity index (χ4v) is 3.85. The number of hydrogen-bond acceptors (Lipinski definition) is 6. The molecule has 2 aromatic carbocycles. The van der Waals surface area contributed by atoms with Gasteiger partial charge in [-0.05, 0) is 67.2 Å². The third kappa shape index (κ3) is 4.67. The van der Waals surface area contributed by atoms with Gasteiger partial charge < -0.3 is 14.6 Å². The Morgan fingerprint density at radius 2 is 2.00 bits per heavy atom. The molecule has 1 aromatic heterocycles. The summed E-state index contributed by atoms with van der Waals surface area (Å²) in [6.45, 7) is 2.51. The van der Waals surface area contributed by atoms with Gasteiger partial charge in [-0.2, -0.15) is 0 Å². The molecule has 156 valence electrons. The van der Waals surface area contributed by atoms with Gasteiger partial charge in [-0.15, -0.1) is 0 Å². The summed E-state index contributed by atoms with van der Waals surface area (Å²) in [6.07, 6.45) is 3.53. The number of rotatable bonds is 6. The molecular formula is C22H18N4O4S. The van der Waals surface area contributed by atoms with Crippen LogP contribution in [0.1, 0.15) is 12.6 Å². The van der Waals surface area contributed by atoms with Crippen LogP contribution in [-0.4, -0.2) is 27.2 Å². The van der Waals surface area contributed by atoms with Gasteiger partial charge >= 0.3 is 0 Å². The average molecular weight is 434 g/mol. The Morgan fingerprint density at radius 1 is 1.19 bits per heavy atom. The van der Waals surface area contributed by atoms with E-state index in [1.807, 2.05) is 43.3 Å². The first-order valence-corrected chi connectivity index (χ1v) is 10.3. The van der Waals surface area contributed by atoms with Crippen molar-refractivity contribution < 1.29 is 14.5 Å². The molecule has 1 fully saturated rings. The molecule has 1 N–H and O–H groups in total. The maximum atomic E-state index is 12.4. The van der Waals surface area contributed by atoms with E-state index >= 15 is 0 Å². The summed E-state index contributed by atoms with van der Waals surface area (Å²) >= 11 is 1.24. The monoisotopic (exact) mass is 434 g/mol. The van der Waals surface area contributed by atoms with Crippen molar-refractivity contribution in [3.8, 4) is 11.4 Å². The highest BCUT2D eigenvalue weighted by Crippen LogP contribution is 2.29. The summed E-state index contributed by atoms with van der Waals surface area (Å²) in [5.41, 5.74) is 2.06. The highest BCUT2D eigenvalue weighted by molar-refractivity contribution is 8.18. The summed E-state index contributed by atoms with van der Waals surface area (Å²) < 4.78 is 7.21. The summed E-state index contributed by atoms with van der Waals surface area (Å²) in [5.74, 6) is 0.513. The molecule has 0 bridgehead atoms. The molecule has 2 heterocycles. The van der Waals surface area contributed by atoms with Gasteiger partial charge in [0.15, 0.2) is 5.17 Å². The Bertz CT molecular complexity index is 1200. The van der Waals surface area contributed by atoms with E-state index < -0.39 is 4.92 Å². The first-order valence-electron chi connectivity index (χ1n) is 9.48. The SMILES string of the molecule is CCOc1ccc(N=C2NC(=O)/C(=C\c3cccn3-c3cccc([N+](=O)[O-])c3)S2)cc1. The number of nitrogens with zero attached hydrogens (tertiary/aromatic N) is 3. The van der Waals surface area contributed by atoms with Gasteiger partial charge in [0.05, 0.1) is 27.8 Å². The van der Waals surface area contributed by atoms with E-state index in [9.17, 15) is 14.9 Å². The number of nitro groups is 1. The van der Waals surface area contributed by atoms with Crippen LogP contribution < -0.4 is 10.1 Å². The largest absolute Gasteiger partial charge is 0.494 e. The lowest BCUT2D eigenvalue weighted by molar-refractivity contribution is -0.384. The molecule has 1 amide bonds. The highest BCUT2D eigenvalue weighted by Gasteiger charge is 2.24. The van der Waals surface area contributed by atoms with Crippen molar-refractivity contribution in [1.82, 2.24) is 9.88 Å². The molecule has 3 aromatic rings. The first-order chi connectivity index (χ1) is 15.0. The minimum absolute atomic E-state index is 0.00237. The Balaban J connectivity index is 1.57. The van der Waals surface area contributed by atoms with Gasteiger partial charge in [0, 0.05) is 24.0 Å². The molecule has 0 unspecified atom stereocenters. The van der Waals surface area contributed by atoms with Gasteiger partial charge in [0.1, 0.15) is 5.75 Å². The van der Waals surface area contributed by atoms with Gasteiger partial charge in [0.2, 0.25) is 0 Å². The van der Waals surface area contributed by atoms with Crippen LogP contribution in [0.15, 0.2) is 76.8 Å². The predicted octanol–water partition coefficient (Wildman–Crippen LogP) is 4.68. The number of non-ortho nitro benzene ring substituents is 1. The maximum absolute atomic E-state index is 12.4. The summed E-state index contributed by atoms with van der Waals surface area (Å²) in [6, 6.07) is 17.3. The average Bonchev–Trinajstić information content (AvgIpc) is 3.36. The number of carbonyl (C=O) groups excluding carboxylic acids is 1. The van der Waals surface area contributed by atoms with E-state index in [-0.39, 0.29) is 11.6 Å². The Hall–Kier alpha value is -3.85. The molecule has 0 atom stereocenters. The summed E-state index contributed by atoms with van der Waals surface area (Å²) in [7, 11) is 0. The van der Waals surface area contributed by atoms with E-state index in [0.717, 1.165) is 11.4 Å². The lowest BCUT2D eigenvalue weighted by atomic mass is 10.2. The van der Waals surface area contributed by atoms with E-state index in [1.165, 1.54) is 23.9 Å². The van der Waals surface area contributed by atoms with Crippen molar-refractivity contribution in [2.75, 3.05) is 6.61 Å². The Kier molecular flexibility index (Phi) is 5.85. The smallest absolute Gasteiger partial charge is 0.271 e. The van der Waals surface area contributed by atoms with Crippen molar-refractivity contribution in [3.63, 3.8) is 0 Å². The topological polar surface area (TPSA) is 98.8 Å². The molecular weight excluding hydrogens is 416 g/mol. The number of benzene rings is 2. The molecule has 31 heavy (non-hydrogen) atoms. The molecule has 8 nitrogen and oxygen atoms in total. The van der Waals surface area contributed by atoms with Crippen LogP contribution >= 0.6 is 11.8 Å². The Labute approximate surface area is 182 Å². The van der Waals surface area contributed by atoms with Crippen LogP contribution in [-0.2, 0) is 4.79 Å².